The molecule has 3 nitrogen and oxygen atoms in total. The number of anilines is 1. The van der Waals surface area contributed by atoms with Gasteiger partial charge in [0, 0.05) is 31.4 Å². The molecule has 3 heteroatoms. The van der Waals surface area contributed by atoms with Crippen molar-refractivity contribution in [1.82, 2.24) is 4.98 Å². The van der Waals surface area contributed by atoms with Crippen LogP contribution in [0.2, 0.25) is 0 Å². The molecule has 0 spiro atoms. The highest BCUT2D eigenvalue weighted by Crippen LogP contribution is 2.24. The van der Waals surface area contributed by atoms with Crippen LogP contribution in [0, 0.1) is 5.41 Å². The largest absolute Gasteiger partial charge is 0.359 e. The van der Waals surface area contributed by atoms with Gasteiger partial charge in [-0.1, -0.05) is 26.8 Å². The van der Waals surface area contributed by atoms with Crippen molar-refractivity contribution >= 4 is 5.82 Å². The van der Waals surface area contributed by atoms with E-state index in [4.69, 9.17) is 5.73 Å². The maximum absolute atomic E-state index is 5.95. The summed E-state index contributed by atoms with van der Waals surface area (Å²) in [5, 5.41) is 0. The topological polar surface area (TPSA) is 42.1 Å². The van der Waals surface area contributed by atoms with Crippen molar-refractivity contribution in [1.29, 1.82) is 0 Å². The molecule has 0 aliphatic rings. The molecule has 2 N–H and O–H groups in total. The summed E-state index contributed by atoms with van der Waals surface area (Å²) in [7, 11) is 2.07. The number of rotatable bonds is 3. The minimum Gasteiger partial charge on any atom is -0.359 e. The van der Waals surface area contributed by atoms with Gasteiger partial charge in [0.05, 0.1) is 0 Å². The first kappa shape index (κ1) is 13.0. The van der Waals surface area contributed by atoms with E-state index < -0.39 is 0 Å². The van der Waals surface area contributed by atoms with Gasteiger partial charge in [-0.15, -0.1) is 0 Å². The van der Waals surface area contributed by atoms with Crippen LogP contribution in [0.4, 0.5) is 5.82 Å². The lowest BCUT2D eigenvalue weighted by atomic mass is 9.96. The minimum atomic E-state index is 0.0196. The lowest BCUT2D eigenvalue weighted by molar-refractivity contribution is 0.417. The minimum absolute atomic E-state index is 0.0196. The first-order chi connectivity index (χ1) is 7.31. The third kappa shape index (κ3) is 3.49. The zero-order valence-electron chi connectivity index (χ0n) is 11.0. The summed E-state index contributed by atoms with van der Waals surface area (Å²) in [5.41, 5.74) is 7.31. The maximum Gasteiger partial charge on any atom is 0.133 e. The molecule has 1 atom stereocenters. The van der Waals surface area contributed by atoms with Gasteiger partial charge in [-0.2, -0.15) is 0 Å². The Morgan fingerprint density at radius 3 is 2.56 bits per heavy atom. The Balaban J connectivity index is 2.95. The molecule has 16 heavy (non-hydrogen) atoms. The number of hydrogen-bond acceptors (Lipinski definition) is 3. The highest BCUT2D eigenvalue weighted by molar-refractivity contribution is 5.47. The second-order valence-electron chi connectivity index (χ2n) is 5.62. The van der Waals surface area contributed by atoms with Gasteiger partial charge in [0.2, 0.25) is 0 Å². The number of pyridine rings is 1. The Bertz CT molecular complexity index is 339. The summed E-state index contributed by atoms with van der Waals surface area (Å²) in [4.78, 5) is 6.61. The average Bonchev–Trinajstić information content (AvgIpc) is 2.15. The van der Waals surface area contributed by atoms with Crippen LogP contribution in [-0.4, -0.2) is 18.6 Å². The van der Waals surface area contributed by atoms with Crippen molar-refractivity contribution in [3.63, 3.8) is 0 Å². The Kier molecular flexibility index (Phi) is 3.92. The van der Waals surface area contributed by atoms with Crippen LogP contribution >= 0.6 is 0 Å². The molecule has 0 saturated carbocycles. The summed E-state index contributed by atoms with van der Waals surface area (Å²) in [6, 6.07) is 4.00. The standard InChI is InChI=1S/C13H23N3/c1-10(14)11-7-6-8-15-12(11)16(5)9-13(2,3)4/h6-8,10H,9,14H2,1-5H3/t10-/m1/s1. The summed E-state index contributed by atoms with van der Waals surface area (Å²) in [5.74, 6) is 0.993. The van der Waals surface area contributed by atoms with Crippen molar-refractivity contribution in [3.05, 3.63) is 23.9 Å². The molecule has 0 aliphatic heterocycles. The molecule has 0 fully saturated rings. The normalized spacial score (nSPS) is 13.6. The summed E-state index contributed by atoms with van der Waals surface area (Å²) in [6.45, 7) is 9.61. The van der Waals surface area contributed by atoms with E-state index in [0.717, 1.165) is 17.9 Å². The SMILES string of the molecule is C[C@@H](N)c1cccnc1N(C)CC(C)(C)C. The second-order valence-corrected chi connectivity index (χ2v) is 5.62. The van der Waals surface area contributed by atoms with E-state index in [2.05, 4.69) is 37.7 Å². The molecule has 0 amide bonds. The van der Waals surface area contributed by atoms with E-state index in [-0.39, 0.29) is 11.5 Å². The molecule has 0 aliphatic carbocycles. The highest BCUT2D eigenvalue weighted by atomic mass is 15.2. The van der Waals surface area contributed by atoms with E-state index in [9.17, 15) is 0 Å². The fraction of sp³-hybridized carbons (Fsp3) is 0.615. The quantitative estimate of drug-likeness (QED) is 0.853. The molecule has 0 bridgehead atoms. The monoisotopic (exact) mass is 221 g/mol. The molecule has 0 saturated heterocycles. The van der Waals surface area contributed by atoms with E-state index >= 15 is 0 Å². The van der Waals surface area contributed by atoms with E-state index in [0.29, 0.717) is 0 Å². The van der Waals surface area contributed by atoms with Gasteiger partial charge >= 0.3 is 0 Å². The third-order valence-corrected chi connectivity index (χ3v) is 2.38. The zero-order chi connectivity index (χ0) is 12.3. The van der Waals surface area contributed by atoms with Crippen molar-refractivity contribution in [2.45, 2.75) is 33.7 Å². The van der Waals surface area contributed by atoms with Gasteiger partial charge in [0.15, 0.2) is 0 Å². The van der Waals surface area contributed by atoms with Gasteiger partial charge in [0.25, 0.3) is 0 Å². The molecule has 1 heterocycles. The number of nitrogens with zero attached hydrogens (tertiary/aromatic N) is 2. The van der Waals surface area contributed by atoms with Crippen LogP contribution in [-0.2, 0) is 0 Å². The van der Waals surface area contributed by atoms with Gasteiger partial charge in [0.1, 0.15) is 5.82 Å². The first-order valence-corrected chi connectivity index (χ1v) is 5.73. The second kappa shape index (κ2) is 4.83. The van der Waals surface area contributed by atoms with Crippen molar-refractivity contribution in [2.75, 3.05) is 18.5 Å². The summed E-state index contributed by atoms with van der Waals surface area (Å²) < 4.78 is 0. The average molecular weight is 221 g/mol. The van der Waals surface area contributed by atoms with Gasteiger partial charge in [-0.05, 0) is 18.4 Å². The molecular formula is C13H23N3. The summed E-state index contributed by atoms with van der Waals surface area (Å²) in [6.07, 6.45) is 1.82. The van der Waals surface area contributed by atoms with Crippen LogP contribution in [0.3, 0.4) is 0 Å². The Morgan fingerprint density at radius 2 is 2.06 bits per heavy atom. The molecule has 0 aromatic carbocycles. The predicted octanol–water partition coefficient (Wildman–Crippen LogP) is 2.58. The maximum atomic E-state index is 5.95. The third-order valence-electron chi connectivity index (χ3n) is 2.38. The van der Waals surface area contributed by atoms with Crippen LogP contribution in [0.5, 0.6) is 0 Å². The molecule has 0 radical (unpaired) electrons. The molecule has 0 unspecified atom stereocenters. The van der Waals surface area contributed by atoms with Crippen LogP contribution in [0.1, 0.15) is 39.3 Å². The van der Waals surface area contributed by atoms with Crippen molar-refractivity contribution in [2.24, 2.45) is 11.1 Å². The van der Waals surface area contributed by atoms with E-state index in [1.165, 1.54) is 0 Å². The predicted molar refractivity (Wildman–Crippen MR) is 69.6 cm³/mol. The van der Waals surface area contributed by atoms with Gasteiger partial charge in [-0.25, -0.2) is 4.98 Å². The molecule has 1 rings (SSSR count). The van der Waals surface area contributed by atoms with Crippen LogP contribution < -0.4 is 10.6 Å². The fourth-order valence-corrected chi connectivity index (χ4v) is 1.87. The van der Waals surface area contributed by atoms with Crippen LogP contribution in [0.25, 0.3) is 0 Å². The van der Waals surface area contributed by atoms with Gasteiger partial charge < -0.3 is 10.6 Å². The smallest absolute Gasteiger partial charge is 0.133 e. The summed E-state index contributed by atoms with van der Waals surface area (Å²) >= 11 is 0. The Labute approximate surface area is 98.7 Å². The molecule has 90 valence electrons. The highest BCUT2D eigenvalue weighted by Gasteiger charge is 2.17. The zero-order valence-corrected chi connectivity index (χ0v) is 11.0. The van der Waals surface area contributed by atoms with E-state index in [1.54, 1.807) is 0 Å². The number of aromatic nitrogens is 1. The number of hydrogen-bond donors (Lipinski definition) is 1. The Hall–Kier alpha value is -1.09. The molecule has 1 aromatic rings. The van der Waals surface area contributed by atoms with E-state index in [1.807, 2.05) is 25.3 Å². The molecule has 1 aromatic heterocycles. The Morgan fingerprint density at radius 1 is 1.44 bits per heavy atom. The lowest BCUT2D eigenvalue weighted by Crippen LogP contribution is -2.31. The fourth-order valence-electron chi connectivity index (χ4n) is 1.87. The van der Waals surface area contributed by atoms with Crippen molar-refractivity contribution in [3.8, 4) is 0 Å². The van der Waals surface area contributed by atoms with Crippen LogP contribution in [0.15, 0.2) is 18.3 Å². The first-order valence-electron chi connectivity index (χ1n) is 5.73. The number of nitrogens with two attached hydrogens (primary N) is 1. The molecular weight excluding hydrogens is 198 g/mol. The van der Waals surface area contributed by atoms with Gasteiger partial charge in [-0.3, -0.25) is 0 Å². The lowest BCUT2D eigenvalue weighted by Gasteiger charge is -2.29. The van der Waals surface area contributed by atoms with Crippen molar-refractivity contribution < 1.29 is 0 Å².